The van der Waals surface area contributed by atoms with Gasteiger partial charge in [-0.1, -0.05) is 0 Å². The van der Waals surface area contributed by atoms with Gasteiger partial charge in [0.15, 0.2) is 0 Å². The number of hydrogen-bond acceptors (Lipinski definition) is 2. The molecule has 1 aromatic heterocycles. The largest absolute Gasteiger partial charge is 0.390 e. The van der Waals surface area contributed by atoms with Gasteiger partial charge in [-0.3, -0.25) is 4.79 Å². The zero-order valence-corrected chi connectivity index (χ0v) is 9.60. The van der Waals surface area contributed by atoms with Crippen molar-refractivity contribution in [2.45, 2.75) is 12.6 Å². The molecule has 0 spiro atoms. The van der Waals surface area contributed by atoms with Gasteiger partial charge in [0.2, 0.25) is 0 Å². The monoisotopic (exact) mass is 296 g/mol. The fourth-order valence-electron chi connectivity index (χ4n) is 0.918. The Morgan fingerprint density at radius 1 is 1.44 bits per heavy atom. The minimum absolute atomic E-state index is 0.0883. The number of aromatic nitrogens is 1. The van der Waals surface area contributed by atoms with Crippen LogP contribution in [0.5, 0.6) is 0 Å². The predicted molar refractivity (Wildman–Crippen MR) is 54.9 cm³/mol. The molecule has 0 aliphatic carbocycles. The lowest BCUT2D eigenvalue weighted by Crippen LogP contribution is -2.28. The first-order valence-corrected chi connectivity index (χ1v) is 5.14. The molecule has 0 fully saturated rings. The standard InChI is InChI=1S/C9H8BrF3N2O/c10-6-1-2-7(15-5-6)8(16)14-4-3-9(11,12)13/h1-2,5H,3-4H2,(H,14,16). The van der Waals surface area contributed by atoms with E-state index in [-0.39, 0.29) is 5.69 Å². The highest BCUT2D eigenvalue weighted by atomic mass is 79.9. The zero-order valence-electron chi connectivity index (χ0n) is 8.01. The van der Waals surface area contributed by atoms with Crippen molar-refractivity contribution in [1.82, 2.24) is 10.3 Å². The van der Waals surface area contributed by atoms with E-state index >= 15 is 0 Å². The van der Waals surface area contributed by atoms with Crippen molar-refractivity contribution in [3.63, 3.8) is 0 Å². The van der Waals surface area contributed by atoms with E-state index in [4.69, 9.17) is 0 Å². The van der Waals surface area contributed by atoms with E-state index in [9.17, 15) is 18.0 Å². The van der Waals surface area contributed by atoms with E-state index < -0.39 is 25.0 Å². The second-order valence-electron chi connectivity index (χ2n) is 2.98. The number of hydrogen-bond donors (Lipinski definition) is 1. The second-order valence-corrected chi connectivity index (χ2v) is 3.90. The van der Waals surface area contributed by atoms with Crippen LogP contribution < -0.4 is 5.32 Å². The normalized spacial score (nSPS) is 11.2. The lowest BCUT2D eigenvalue weighted by molar-refractivity contribution is -0.132. The summed E-state index contributed by atoms with van der Waals surface area (Å²) < 4.78 is 36.1. The third kappa shape index (κ3) is 4.61. The Balaban J connectivity index is 2.44. The molecule has 0 aromatic carbocycles. The highest BCUT2D eigenvalue weighted by Crippen LogP contribution is 2.18. The maximum absolute atomic E-state index is 11.8. The van der Waals surface area contributed by atoms with Crippen LogP contribution in [0.1, 0.15) is 16.9 Å². The predicted octanol–water partition coefficient (Wildman–Crippen LogP) is 2.53. The third-order valence-electron chi connectivity index (χ3n) is 1.65. The fraction of sp³-hybridized carbons (Fsp3) is 0.333. The lowest BCUT2D eigenvalue weighted by atomic mass is 10.3. The molecule has 1 amide bonds. The molecular formula is C9H8BrF3N2O. The molecule has 0 saturated carbocycles. The average molecular weight is 297 g/mol. The number of halogens is 4. The number of carbonyl (C=O) groups excluding carboxylic acids is 1. The van der Waals surface area contributed by atoms with Crippen LogP contribution in [-0.2, 0) is 0 Å². The average Bonchev–Trinajstić information content (AvgIpc) is 2.16. The van der Waals surface area contributed by atoms with Gasteiger partial charge in [0.25, 0.3) is 5.91 Å². The maximum atomic E-state index is 11.8. The number of carbonyl (C=O) groups is 1. The maximum Gasteiger partial charge on any atom is 0.390 e. The van der Waals surface area contributed by atoms with Crippen molar-refractivity contribution in [3.8, 4) is 0 Å². The Bertz CT molecular complexity index is 364. The van der Waals surface area contributed by atoms with E-state index in [1.54, 1.807) is 6.07 Å². The molecule has 0 aliphatic rings. The summed E-state index contributed by atoms with van der Waals surface area (Å²) in [5.41, 5.74) is 0.0883. The molecule has 16 heavy (non-hydrogen) atoms. The molecule has 0 radical (unpaired) electrons. The Hall–Kier alpha value is -1.11. The van der Waals surface area contributed by atoms with Crippen LogP contribution in [0.3, 0.4) is 0 Å². The van der Waals surface area contributed by atoms with Crippen molar-refractivity contribution in [1.29, 1.82) is 0 Å². The van der Waals surface area contributed by atoms with Crippen LogP contribution in [0.25, 0.3) is 0 Å². The quantitative estimate of drug-likeness (QED) is 0.931. The number of nitrogens with one attached hydrogen (secondary N) is 1. The van der Waals surface area contributed by atoms with Crippen molar-refractivity contribution >= 4 is 21.8 Å². The second kappa shape index (κ2) is 5.29. The molecule has 0 unspecified atom stereocenters. The van der Waals surface area contributed by atoms with E-state index in [1.807, 2.05) is 0 Å². The van der Waals surface area contributed by atoms with Crippen molar-refractivity contribution < 1.29 is 18.0 Å². The minimum Gasteiger partial charge on any atom is -0.350 e. The van der Waals surface area contributed by atoms with Crippen LogP contribution in [0.2, 0.25) is 0 Å². The summed E-state index contributed by atoms with van der Waals surface area (Å²) in [5.74, 6) is -0.614. The molecule has 7 heteroatoms. The smallest absolute Gasteiger partial charge is 0.350 e. The van der Waals surface area contributed by atoms with Crippen LogP contribution in [0, 0.1) is 0 Å². The van der Waals surface area contributed by atoms with E-state index in [0.717, 1.165) is 0 Å². The molecule has 0 bridgehead atoms. The van der Waals surface area contributed by atoms with Crippen LogP contribution in [0.4, 0.5) is 13.2 Å². The molecule has 0 aliphatic heterocycles. The van der Waals surface area contributed by atoms with Gasteiger partial charge >= 0.3 is 6.18 Å². The fourth-order valence-corrected chi connectivity index (χ4v) is 1.15. The molecule has 88 valence electrons. The molecule has 1 heterocycles. The van der Waals surface area contributed by atoms with Gasteiger partial charge in [0.1, 0.15) is 5.69 Å². The van der Waals surface area contributed by atoms with E-state index in [1.165, 1.54) is 12.3 Å². The summed E-state index contributed by atoms with van der Waals surface area (Å²) in [7, 11) is 0. The molecule has 3 nitrogen and oxygen atoms in total. The summed E-state index contributed by atoms with van der Waals surface area (Å²) in [5, 5.41) is 2.14. The number of amides is 1. The van der Waals surface area contributed by atoms with Crippen LogP contribution in [-0.4, -0.2) is 23.6 Å². The van der Waals surface area contributed by atoms with Crippen molar-refractivity contribution in [3.05, 3.63) is 28.5 Å². The summed E-state index contributed by atoms with van der Waals surface area (Å²) in [6.45, 7) is -0.444. The summed E-state index contributed by atoms with van der Waals surface area (Å²) in [4.78, 5) is 15.0. The molecular weight excluding hydrogens is 289 g/mol. The SMILES string of the molecule is O=C(NCCC(F)(F)F)c1ccc(Br)cn1. The third-order valence-corrected chi connectivity index (χ3v) is 2.12. The zero-order chi connectivity index (χ0) is 12.2. The first-order valence-electron chi connectivity index (χ1n) is 4.35. The van der Waals surface area contributed by atoms with Crippen molar-refractivity contribution in [2.24, 2.45) is 0 Å². The minimum atomic E-state index is -4.26. The van der Waals surface area contributed by atoms with Gasteiger partial charge in [-0.05, 0) is 28.1 Å². The Labute approximate surface area is 98.2 Å². The first kappa shape index (κ1) is 13.0. The van der Waals surface area contributed by atoms with Crippen molar-refractivity contribution in [2.75, 3.05) is 6.54 Å². The number of pyridine rings is 1. The lowest BCUT2D eigenvalue weighted by Gasteiger charge is -2.07. The van der Waals surface area contributed by atoms with Crippen LogP contribution >= 0.6 is 15.9 Å². The van der Waals surface area contributed by atoms with Gasteiger partial charge in [0.05, 0.1) is 6.42 Å². The van der Waals surface area contributed by atoms with Gasteiger partial charge < -0.3 is 5.32 Å². The Kier molecular flexibility index (Phi) is 4.28. The summed E-state index contributed by atoms with van der Waals surface area (Å²) >= 11 is 3.13. The molecule has 0 atom stereocenters. The summed E-state index contributed by atoms with van der Waals surface area (Å²) in [6, 6.07) is 3.01. The van der Waals surface area contributed by atoms with E-state index in [2.05, 4.69) is 26.2 Å². The number of nitrogens with zero attached hydrogens (tertiary/aromatic N) is 1. The highest BCUT2D eigenvalue weighted by molar-refractivity contribution is 9.10. The van der Waals surface area contributed by atoms with Gasteiger partial charge in [-0.2, -0.15) is 13.2 Å². The molecule has 1 N–H and O–H groups in total. The topological polar surface area (TPSA) is 42.0 Å². The number of rotatable bonds is 3. The summed E-state index contributed by atoms with van der Waals surface area (Å²) in [6.07, 6.45) is -3.91. The van der Waals surface area contributed by atoms with E-state index in [0.29, 0.717) is 4.47 Å². The Morgan fingerprint density at radius 3 is 2.62 bits per heavy atom. The Morgan fingerprint density at radius 2 is 2.12 bits per heavy atom. The number of alkyl halides is 3. The van der Waals surface area contributed by atoms with Gasteiger partial charge in [0, 0.05) is 17.2 Å². The van der Waals surface area contributed by atoms with Gasteiger partial charge in [-0.25, -0.2) is 4.98 Å². The molecule has 1 rings (SSSR count). The molecule has 1 aromatic rings. The van der Waals surface area contributed by atoms with Gasteiger partial charge in [-0.15, -0.1) is 0 Å². The molecule has 0 saturated heterocycles. The van der Waals surface area contributed by atoms with Crippen LogP contribution in [0.15, 0.2) is 22.8 Å². The first-order chi connectivity index (χ1) is 7.38. The highest BCUT2D eigenvalue weighted by Gasteiger charge is 2.26.